The Morgan fingerprint density at radius 3 is 3.05 bits per heavy atom. The summed E-state index contributed by atoms with van der Waals surface area (Å²) in [5.74, 6) is 0.0589. The van der Waals surface area contributed by atoms with Crippen LogP contribution in [0.1, 0.15) is 12.5 Å². The highest BCUT2D eigenvalue weighted by Gasteiger charge is 2.05. The molecular formula is C13H9N3O3S. The lowest BCUT2D eigenvalue weighted by Gasteiger charge is -2.01. The Labute approximate surface area is 116 Å². The highest BCUT2D eigenvalue weighted by Crippen LogP contribution is 2.14. The van der Waals surface area contributed by atoms with E-state index in [1.807, 2.05) is 6.07 Å². The number of aromatic nitrogens is 3. The zero-order valence-corrected chi connectivity index (χ0v) is 11.3. The maximum atomic E-state index is 12.0. The number of nitrogens with zero attached hydrogens (tertiary/aromatic N) is 3. The maximum absolute atomic E-state index is 12.0. The van der Waals surface area contributed by atoms with Crippen molar-refractivity contribution in [3.63, 3.8) is 0 Å². The molecule has 0 amide bonds. The van der Waals surface area contributed by atoms with E-state index in [9.17, 15) is 9.59 Å². The van der Waals surface area contributed by atoms with Crippen LogP contribution in [-0.4, -0.2) is 20.6 Å². The summed E-state index contributed by atoms with van der Waals surface area (Å²) < 4.78 is 6.79. The fourth-order valence-electron chi connectivity index (χ4n) is 1.76. The predicted molar refractivity (Wildman–Crippen MR) is 73.7 cm³/mol. The number of benzene rings is 1. The summed E-state index contributed by atoms with van der Waals surface area (Å²) in [5, 5.41) is 3.85. The average Bonchev–Trinajstić information content (AvgIpc) is 2.94. The van der Waals surface area contributed by atoms with Gasteiger partial charge in [0, 0.05) is 6.92 Å². The number of fused-ring (bicyclic) bond motifs is 1. The Hall–Kier alpha value is -2.54. The Bertz CT molecular complexity index is 897. The van der Waals surface area contributed by atoms with Crippen molar-refractivity contribution < 1.29 is 9.53 Å². The van der Waals surface area contributed by atoms with E-state index in [-0.39, 0.29) is 11.5 Å². The van der Waals surface area contributed by atoms with E-state index in [2.05, 4.69) is 10.1 Å². The summed E-state index contributed by atoms with van der Waals surface area (Å²) in [4.78, 5) is 27.5. The molecule has 0 aliphatic carbocycles. The number of thiazole rings is 1. The number of carbonyl (C=O) groups is 1. The Morgan fingerprint density at radius 2 is 2.30 bits per heavy atom. The first-order valence-corrected chi connectivity index (χ1v) is 6.58. The summed E-state index contributed by atoms with van der Waals surface area (Å²) in [6.07, 6.45) is 3.06. The summed E-state index contributed by atoms with van der Waals surface area (Å²) >= 11 is 1.26. The van der Waals surface area contributed by atoms with Crippen molar-refractivity contribution in [1.29, 1.82) is 0 Å². The zero-order chi connectivity index (χ0) is 14.1. The number of rotatable bonds is 2. The minimum Gasteiger partial charge on any atom is -0.427 e. The second-order valence-electron chi connectivity index (χ2n) is 4.04. The molecule has 3 rings (SSSR count). The first-order chi connectivity index (χ1) is 9.63. The molecule has 0 atom stereocenters. The van der Waals surface area contributed by atoms with Crippen LogP contribution in [0.15, 0.2) is 35.4 Å². The molecule has 0 spiro atoms. The normalized spacial score (nSPS) is 11.9. The van der Waals surface area contributed by atoms with E-state index in [0.717, 1.165) is 5.56 Å². The van der Waals surface area contributed by atoms with Gasteiger partial charge >= 0.3 is 5.97 Å². The van der Waals surface area contributed by atoms with Crippen LogP contribution in [0, 0.1) is 0 Å². The van der Waals surface area contributed by atoms with E-state index >= 15 is 0 Å². The molecule has 7 heteroatoms. The van der Waals surface area contributed by atoms with Crippen molar-refractivity contribution in [2.75, 3.05) is 0 Å². The lowest BCUT2D eigenvalue weighted by atomic mass is 10.2. The van der Waals surface area contributed by atoms with Gasteiger partial charge in [-0.25, -0.2) is 4.98 Å². The minimum absolute atomic E-state index is 0.208. The number of hydrogen-bond acceptors (Lipinski definition) is 6. The number of ether oxygens (including phenoxy) is 1. The highest BCUT2D eigenvalue weighted by atomic mass is 32.1. The molecule has 3 aromatic rings. The van der Waals surface area contributed by atoms with E-state index < -0.39 is 0 Å². The summed E-state index contributed by atoms with van der Waals surface area (Å²) in [6.45, 7) is 1.34. The predicted octanol–water partition coefficient (Wildman–Crippen LogP) is 0.624. The summed E-state index contributed by atoms with van der Waals surface area (Å²) in [6, 6.07) is 6.95. The molecule has 0 N–H and O–H groups in total. The number of hydrogen-bond donors (Lipinski definition) is 0. The molecule has 0 saturated carbocycles. The van der Waals surface area contributed by atoms with Crippen LogP contribution in [-0.2, 0) is 4.79 Å². The molecule has 0 radical (unpaired) electrons. The monoisotopic (exact) mass is 287 g/mol. The van der Waals surface area contributed by atoms with Crippen LogP contribution in [0.5, 0.6) is 5.75 Å². The molecule has 6 nitrogen and oxygen atoms in total. The molecule has 2 heterocycles. The van der Waals surface area contributed by atoms with Gasteiger partial charge in [0.05, 0.1) is 4.53 Å². The van der Waals surface area contributed by atoms with Gasteiger partial charge in [0.2, 0.25) is 4.96 Å². The van der Waals surface area contributed by atoms with Crippen molar-refractivity contribution in [3.05, 3.63) is 51.0 Å². The van der Waals surface area contributed by atoms with Gasteiger partial charge in [-0.05, 0) is 23.8 Å². The molecule has 0 aliphatic rings. The summed E-state index contributed by atoms with van der Waals surface area (Å²) in [7, 11) is 0. The molecule has 100 valence electrons. The average molecular weight is 287 g/mol. The third-order valence-electron chi connectivity index (χ3n) is 2.54. The van der Waals surface area contributed by atoms with E-state index in [1.54, 1.807) is 24.3 Å². The molecule has 0 aliphatic heterocycles. The number of carbonyl (C=O) groups excluding carboxylic acids is 1. The van der Waals surface area contributed by atoms with Gasteiger partial charge in [-0.15, -0.1) is 0 Å². The lowest BCUT2D eigenvalue weighted by molar-refractivity contribution is -0.131. The topological polar surface area (TPSA) is 73.6 Å². The molecule has 2 aromatic heterocycles. The first-order valence-electron chi connectivity index (χ1n) is 5.76. The lowest BCUT2D eigenvalue weighted by Crippen LogP contribution is -2.23. The molecule has 0 fully saturated rings. The summed E-state index contributed by atoms with van der Waals surface area (Å²) in [5.41, 5.74) is 0.561. The van der Waals surface area contributed by atoms with Gasteiger partial charge in [-0.2, -0.15) is 9.61 Å². The van der Waals surface area contributed by atoms with Crippen LogP contribution >= 0.6 is 11.3 Å². The minimum atomic E-state index is -0.384. The van der Waals surface area contributed by atoms with Crippen LogP contribution in [0.2, 0.25) is 0 Å². The van der Waals surface area contributed by atoms with E-state index in [1.165, 1.54) is 29.1 Å². The zero-order valence-electron chi connectivity index (χ0n) is 10.4. The van der Waals surface area contributed by atoms with Crippen LogP contribution in [0.3, 0.4) is 0 Å². The van der Waals surface area contributed by atoms with Gasteiger partial charge in [0.25, 0.3) is 5.56 Å². The quantitative estimate of drug-likeness (QED) is 0.510. The van der Waals surface area contributed by atoms with E-state index in [4.69, 9.17) is 4.74 Å². The molecule has 1 aromatic carbocycles. The SMILES string of the molecule is CC(=O)Oc1cccc(/C=c2\sc3ncnn3c2=O)c1. The molecule has 0 bridgehead atoms. The second kappa shape index (κ2) is 4.86. The van der Waals surface area contributed by atoms with Crippen molar-refractivity contribution in [2.24, 2.45) is 0 Å². The van der Waals surface area contributed by atoms with Crippen molar-refractivity contribution in [2.45, 2.75) is 6.92 Å². The third-order valence-corrected chi connectivity index (χ3v) is 3.51. The van der Waals surface area contributed by atoms with Crippen molar-refractivity contribution >= 4 is 28.3 Å². The van der Waals surface area contributed by atoms with Gasteiger partial charge in [0.1, 0.15) is 12.1 Å². The van der Waals surface area contributed by atoms with Crippen LogP contribution in [0.25, 0.3) is 11.0 Å². The van der Waals surface area contributed by atoms with Crippen LogP contribution < -0.4 is 14.8 Å². The second-order valence-corrected chi connectivity index (χ2v) is 5.05. The Kier molecular flexibility index (Phi) is 3.03. The van der Waals surface area contributed by atoms with E-state index in [0.29, 0.717) is 15.2 Å². The van der Waals surface area contributed by atoms with Crippen LogP contribution in [0.4, 0.5) is 0 Å². The van der Waals surface area contributed by atoms with Gasteiger partial charge in [-0.1, -0.05) is 23.5 Å². The van der Waals surface area contributed by atoms with Gasteiger partial charge in [0.15, 0.2) is 0 Å². The largest absolute Gasteiger partial charge is 0.427 e. The fourth-order valence-corrected chi connectivity index (χ4v) is 2.64. The van der Waals surface area contributed by atoms with Gasteiger partial charge < -0.3 is 4.74 Å². The Balaban J connectivity index is 2.07. The molecule has 0 saturated heterocycles. The molecule has 20 heavy (non-hydrogen) atoms. The van der Waals surface area contributed by atoms with Gasteiger partial charge in [-0.3, -0.25) is 9.59 Å². The van der Waals surface area contributed by atoms with Crippen molar-refractivity contribution in [3.8, 4) is 5.75 Å². The van der Waals surface area contributed by atoms with Crippen molar-refractivity contribution in [1.82, 2.24) is 14.6 Å². The number of esters is 1. The molecule has 0 unspecified atom stereocenters. The standard InChI is InChI=1S/C13H9N3O3S/c1-8(17)19-10-4-2-3-9(5-10)6-11-12(18)16-13(20-11)14-7-15-16/h2-7H,1H3/b11-6-. The smallest absolute Gasteiger partial charge is 0.308 e. The molecular weight excluding hydrogens is 278 g/mol. The maximum Gasteiger partial charge on any atom is 0.308 e. The third kappa shape index (κ3) is 2.30. The highest BCUT2D eigenvalue weighted by molar-refractivity contribution is 7.15. The Morgan fingerprint density at radius 1 is 1.45 bits per heavy atom. The first kappa shape index (κ1) is 12.5. The fraction of sp³-hybridized carbons (Fsp3) is 0.0769.